The fraction of sp³-hybridized carbons (Fsp3) is 0.538. The van der Waals surface area contributed by atoms with Gasteiger partial charge in [-0.2, -0.15) is 0 Å². The minimum atomic E-state index is 0.413. The molecule has 2 aliphatic rings. The smallest absolute Gasteiger partial charge is 0.0408 e. The van der Waals surface area contributed by atoms with Crippen LogP contribution in [0.25, 0.3) is 0 Å². The predicted molar refractivity (Wildman–Crippen MR) is 63.0 cm³/mol. The van der Waals surface area contributed by atoms with Gasteiger partial charge in [0.25, 0.3) is 0 Å². The molecule has 15 heavy (non-hydrogen) atoms. The van der Waals surface area contributed by atoms with E-state index in [1.165, 1.54) is 24.0 Å². The summed E-state index contributed by atoms with van der Waals surface area (Å²) in [6.45, 7) is 0. The lowest BCUT2D eigenvalue weighted by molar-refractivity contribution is 0.421. The minimum Gasteiger partial charge on any atom is -0.327 e. The molecule has 0 aromatic heterocycles. The molecule has 0 amide bonds. The Morgan fingerprint density at radius 3 is 2.47 bits per heavy atom. The highest BCUT2D eigenvalue weighted by Gasteiger charge is 2.36. The molecule has 0 heterocycles. The van der Waals surface area contributed by atoms with E-state index in [0.29, 0.717) is 17.9 Å². The van der Waals surface area contributed by atoms with Crippen molar-refractivity contribution in [3.05, 3.63) is 34.3 Å². The highest BCUT2D eigenvalue weighted by atomic mass is 35.5. The zero-order chi connectivity index (χ0) is 10.4. The summed E-state index contributed by atoms with van der Waals surface area (Å²) in [7, 11) is 0. The monoisotopic (exact) mass is 221 g/mol. The van der Waals surface area contributed by atoms with Crippen LogP contribution in [-0.4, -0.2) is 6.04 Å². The molecular weight excluding hydrogens is 206 g/mol. The topological polar surface area (TPSA) is 26.0 Å². The fourth-order valence-electron chi connectivity index (χ4n) is 3.22. The van der Waals surface area contributed by atoms with Crippen LogP contribution < -0.4 is 5.73 Å². The van der Waals surface area contributed by atoms with Crippen LogP contribution in [0.5, 0.6) is 0 Å². The molecule has 2 heteroatoms. The van der Waals surface area contributed by atoms with Gasteiger partial charge in [-0.15, -0.1) is 0 Å². The maximum Gasteiger partial charge on any atom is 0.0408 e. The van der Waals surface area contributed by atoms with Crippen molar-refractivity contribution < 1.29 is 0 Å². The molecule has 3 rings (SSSR count). The Kier molecular flexibility index (Phi) is 2.26. The second kappa shape index (κ2) is 3.50. The SMILES string of the molecule is NC1C2CCC1Cc1cc(Cl)ccc1C2. The molecular formula is C13H16ClN. The molecule has 3 unspecified atom stereocenters. The van der Waals surface area contributed by atoms with Gasteiger partial charge in [-0.25, -0.2) is 0 Å². The van der Waals surface area contributed by atoms with E-state index in [4.69, 9.17) is 17.3 Å². The molecule has 0 spiro atoms. The standard InChI is InChI=1S/C13H16ClN/c14-12-4-3-8-5-9-1-2-10(13(9)15)6-11(8)7-12/h3-4,7,9-10,13H,1-2,5-6,15H2. The number of fused-ring (bicyclic) bond motifs is 3. The average molecular weight is 222 g/mol. The van der Waals surface area contributed by atoms with Gasteiger partial charge in [-0.3, -0.25) is 0 Å². The third-order valence-electron chi connectivity index (χ3n) is 4.13. The summed E-state index contributed by atoms with van der Waals surface area (Å²) in [4.78, 5) is 0. The summed E-state index contributed by atoms with van der Waals surface area (Å²) in [6, 6.07) is 6.73. The molecule has 2 bridgehead atoms. The highest BCUT2D eigenvalue weighted by Crippen LogP contribution is 2.39. The fourth-order valence-corrected chi connectivity index (χ4v) is 3.42. The van der Waals surface area contributed by atoms with Crippen LogP contribution in [0.3, 0.4) is 0 Å². The third-order valence-corrected chi connectivity index (χ3v) is 4.36. The zero-order valence-corrected chi connectivity index (χ0v) is 9.50. The summed E-state index contributed by atoms with van der Waals surface area (Å²) < 4.78 is 0. The predicted octanol–water partition coefficient (Wildman–Crippen LogP) is 2.79. The molecule has 3 atom stereocenters. The average Bonchev–Trinajstić information content (AvgIpc) is 2.44. The number of benzene rings is 1. The van der Waals surface area contributed by atoms with Crippen LogP contribution in [-0.2, 0) is 12.8 Å². The molecule has 0 saturated heterocycles. The van der Waals surface area contributed by atoms with Crippen LogP contribution in [0.15, 0.2) is 18.2 Å². The summed E-state index contributed by atoms with van der Waals surface area (Å²) in [5.74, 6) is 1.40. The second-order valence-corrected chi connectivity index (χ2v) is 5.43. The van der Waals surface area contributed by atoms with Crippen LogP contribution >= 0.6 is 11.6 Å². The normalized spacial score (nSPS) is 33.6. The van der Waals surface area contributed by atoms with Crippen molar-refractivity contribution in [1.29, 1.82) is 0 Å². The van der Waals surface area contributed by atoms with Gasteiger partial charge in [-0.1, -0.05) is 17.7 Å². The summed E-state index contributed by atoms with van der Waals surface area (Å²) in [5, 5.41) is 0.861. The number of halogens is 1. The Morgan fingerprint density at radius 1 is 1.07 bits per heavy atom. The number of hydrogen-bond acceptors (Lipinski definition) is 1. The van der Waals surface area contributed by atoms with E-state index in [-0.39, 0.29) is 0 Å². The first-order valence-electron chi connectivity index (χ1n) is 5.77. The van der Waals surface area contributed by atoms with Crippen molar-refractivity contribution in [3.63, 3.8) is 0 Å². The Balaban J connectivity index is 2.02. The largest absolute Gasteiger partial charge is 0.327 e. The van der Waals surface area contributed by atoms with Crippen molar-refractivity contribution in [3.8, 4) is 0 Å². The first kappa shape index (κ1) is 9.68. The van der Waals surface area contributed by atoms with Crippen molar-refractivity contribution in [2.75, 3.05) is 0 Å². The summed E-state index contributed by atoms with van der Waals surface area (Å²) in [5.41, 5.74) is 9.18. The Morgan fingerprint density at radius 2 is 1.73 bits per heavy atom. The third kappa shape index (κ3) is 1.58. The number of rotatable bonds is 0. The molecule has 0 radical (unpaired) electrons. The van der Waals surface area contributed by atoms with Crippen molar-refractivity contribution in [1.82, 2.24) is 0 Å². The van der Waals surface area contributed by atoms with Crippen molar-refractivity contribution in [2.24, 2.45) is 17.6 Å². The first-order chi connectivity index (χ1) is 7.24. The quantitative estimate of drug-likeness (QED) is 0.717. The maximum atomic E-state index is 6.27. The molecule has 2 aliphatic carbocycles. The van der Waals surface area contributed by atoms with Crippen LogP contribution in [0.1, 0.15) is 24.0 Å². The number of hydrogen-bond donors (Lipinski definition) is 1. The van der Waals surface area contributed by atoms with Gasteiger partial charge in [0.15, 0.2) is 0 Å². The lowest BCUT2D eigenvalue weighted by Crippen LogP contribution is -2.31. The van der Waals surface area contributed by atoms with E-state index in [1.54, 1.807) is 0 Å². The lowest BCUT2D eigenvalue weighted by Gasteiger charge is -2.15. The van der Waals surface area contributed by atoms with Crippen LogP contribution in [0.2, 0.25) is 5.02 Å². The van der Waals surface area contributed by atoms with Gasteiger partial charge in [-0.05, 0) is 60.8 Å². The van der Waals surface area contributed by atoms with E-state index >= 15 is 0 Å². The minimum absolute atomic E-state index is 0.413. The van der Waals surface area contributed by atoms with Gasteiger partial charge in [0, 0.05) is 11.1 Å². The van der Waals surface area contributed by atoms with Crippen LogP contribution in [0, 0.1) is 11.8 Å². The van der Waals surface area contributed by atoms with Gasteiger partial charge >= 0.3 is 0 Å². The molecule has 1 fully saturated rings. The molecule has 0 aliphatic heterocycles. The highest BCUT2D eigenvalue weighted by molar-refractivity contribution is 6.30. The first-order valence-corrected chi connectivity index (χ1v) is 6.15. The van der Waals surface area contributed by atoms with E-state index in [9.17, 15) is 0 Å². The molecule has 2 N–H and O–H groups in total. The van der Waals surface area contributed by atoms with Crippen molar-refractivity contribution >= 4 is 11.6 Å². The van der Waals surface area contributed by atoms with E-state index < -0.39 is 0 Å². The molecule has 1 aromatic carbocycles. The van der Waals surface area contributed by atoms with Gasteiger partial charge in [0.05, 0.1) is 0 Å². The molecule has 80 valence electrons. The van der Waals surface area contributed by atoms with E-state index in [0.717, 1.165) is 17.9 Å². The Labute approximate surface area is 95.6 Å². The van der Waals surface area contributed by atoms with Gasteiger partial charge in [0.1, 0.15) is 0 Å². The maximum absolute atomic E-state index is 6.27. The number of nitrogens with two attached hydrogens (primary N) is 1. The Bertz CT molecular complexity index is 388. The van der Waals surface area contributed by atoms with E-state index in [1.807, 2.05) is 6.07 Å². The lowest BCUT2D eigenvalue weighted by atomic mass is 9.93. The van der Waals surface area contributed by atoms with Crippen LogP contribution in [0.4, 0.5) is 0 Å². The van der Waals surface area contributed by atoms with Crippen molar-refractivity contribution in [2.45, 2.75) is 31.7 Å². The molecule has 1 saturated carbocycles. The van der Waals surface area contributed by atoms with Gasteiger partial charge in [0.2, 0.25) is 0 Å². The zero-order valence-electron chi connectivity index (χ0n) is 8.75. The van der Waals surface area contributed by atoms with E-state index in [2.05, 4.69) is 12.1 Å². The second-order valence-electron chi connectivity index (χ2n) is 5.00. The molecule has 1 aromatic rings. The Hall–Kier alpha value is -0.530. The summed E-state index contributed by atoms with van der Waals surface area (Å²) >= 11 is 6.04. The molecule has 1 nitrogen and oxygen atoms in total. The summed E-state index contributed by atoms with van der Waals surface area (Å²) in [6.07, 6.45) is 4.91. The van der Waals surface area contributed by atoms with Gasteiger partial charge < -0.3 is 5.73 Å².